The standard InChI is InChI=1S/C21H25N3O4/c1-13-10-18(25)20(14(2)22-13)21(27)23-16-11-19(26)24(12-16)9-8-15-4-6-17(28-3)7-5-15/h4-7,10,16H,8-9,11-12H2,1-3H3,(H,22,25)(H,23,27)/t16-/m0/s1. The second-order valence-electron chi connectivity index (χ2n) is 7.13. The number of hydrogen-bond acceptors (Lipinski definition) is 4. The highest BCUT2D eigenvalue weighted by atomic mass is 16.5. The first-order valence-corrected chi connectivity index (χ1v) is 9.29. The largest absolute Gasteiger partial charge is 0.497 e. The quantitative estimate of drug-likeness (QED) is 0.792. The van der Waals surface area contributed by atoms with Gasteiger partial charge in [-0.2, -0.15) is 0 Å². The van der Waals surface area contributed by atoms with Crippen LogP contribution in [0.3, 0.4) is 0 Å². The van der Waals surface area contributed by atoms with Crippen molar-refractivity contribution < 1.29 is 14.3 Å². The SMILES string of the molecule is COc1ccc(CCN2C[C@@H](NC(=O)c3c(C)[nH]c(C)cc3=O)CC2=O)cc1. The number of aromatic amines is 1. The fourth-order valence-corrected chi connectivity index (χ4v) is 3.53. The highest BCUT2D eigenvalue weighted by Crippen LogP contribution is 2.15. The summed E-state index contributed by atoms with van der Waals surface area (Å²) >= 11 is 0. The fourth-order valence-electron chi connectivity index (χ4n) is 3.53. The summed E-state index contributed by atoms with van der Waals surface area (Å²) in [6, 6.07) is 8.85. The van der Waals surface area contributed by atoms with E-state index in [1.165, 1.54) is 6.07 Å². The highest BCUT2D eigenvalue weighted by molar-refractivity contribution is 5.96. The zero-order valence-electron chi connectivity index (χ0n) is 16.4. The Labute approximate surface area is 163 Å². The minimum absolute atomic E-state index is 0.00773. The van der Waals surface area contributed by atoms with E-state index in [4.69, 9.17) is 4.74 Å². The number of nitrogens with one attached hydrogen (secondary N) is 2. The van der Waals surface area contributed by atoms with Gasteiger partial charge in [0, 0.05) is 37.0 Å². The van der Waals surface area contributed by atoms with Gasteiger partial charge in [0.05, 0.1) is 13.2 Å². The first kappa shape index (κ1) is 19.7. The minimum atomic E-state index is -0.437. The van der Waals surface area contributed by atoms with Crippen LogP contribution in [0.25, 0.3) is 0 Å². The number of amides is 2. The molecule has 28 heavy (non-hydrogen) atoms. The fraction of sp³-hybridized carbons (Fsp3) is 0.381. The van der Waals surface area contributed by atoms with Crippen molar-refractivity contribution in [1.82, 2.24) is 15.2 Å². The molecule has 0 aliphatic carbocycles. The predicted molar refractivity (Wildman–Crippen MR) is 106 cm³/mol. The lowest BCUT2D eigenvalue weighted by molar-refractivity contribution is -0.127. The summed E-state index contributed by atoms with van der Waals surface area (Å²) in [4.78, 5) is 41.7. The molecule has 1 fully saturated rings. The van der Waals surface area contributed by atoms with Crippen LogP contribution >= 0.6 is 0 Å². The van der Waals surface area contributed by atoms with Crippen LogP contribution in [0.15, 0.2) is 35.1 Å². The predicted octanol–water partition coefficient (Wildman–Crippen LogP) is 1.57. The number of nitrogens with zero attached hydrogens (tertiary/aromatic N) is 1. The number of rotatable bonds is 6. The van der Waals surface area contributed by atoms with Gasteiger partial charge in [0.2, 0.25) is 5.91 Å². The molecule has 1 aliphatic rings. The molecule has 2 aromatic rings. The summed E-state index contributed by atoms with van der Waals surface area (Å²) in [6.45, 7) is 4.50. The molecule has 7 nitrogen and oxygen atoms in total. The lowest BCUT2D eigenvalue weighted by Gasteiger charge is -2.17. The molecular weight excluding hydrogens is 358 g/mol. The van der Waals surface area contributed by atoms with E-state index in [1.807, 2.05) is 24.3 Å². The van der Waals surface area contributed by atoms with E-state index in [2.05, 4.69) is 10.3 Å². The Bertz CT molecular complexity index is 934. The molecule has 0 spiro atoms. The summed E-state index contributed by atoms with van der Waals surface area (Å²) in [5, 5.41) is 2.83. The number of aromatic nitrogens is 1. The number of pyridine rings is 1. The van der Waals surface area contributed by atoms with Gasteiger partial charge in [-0.1, -0.05) is 12.1 Å². The number of ether oxygens (including phenoxy) is 1. The summed E-state index contributed by atoms with van der Waals surface area (Å²) < 4.78 is 5.15. The zero-order valence-corrected chi connectivity index (χ0v) is 16.4. The van der Waals surface area contributed by atoms with Crippen LogP contribution < -0.4 is 15.5 Å². The Morgan fingerprint density at radius 2 is 1.96 bits per heavy atom. The van der Waals surface area contributed by atoms with E-state index in [-0.39, 0.29) is 29.4 Å². The van der Waals surface area contributed by atoms with Crippen molar-refractivity contribution in [3.63, 3.8) is 0 Å². The van der Waals surface area contributed by atoms with E-state index in [0.29, 0.717) is 24.5 Å². The average molecular weight is 383 g/mol. The monoisotopic (exact) mass is 383 g/mol. The maximum absolute atomic E-state index is 12.5. The number of carbonyl (C=O) groups excluding carboxylic acids is 2. The molecule has 2 heterocycles. The lowest BCUT2D eigenvalue weighted by Crippen LogP contribution is -2.39. The molecule has 2 N–H and O–H groups in total. The average Bonchev–Trinajstić information content (AvgIpc) is 2.98. The van der Waals surface area contributed by atoms with Crippen LogP contribution in [0.5, 0.6) is 5.75 Å². The van der Waals surface area contributed by atoms with Crippen molar-refractivity contribution in [3.8, 4) is 5.75 Å². The third kappa shape index (κ3) is 4.42. The number of likely N-dealkylation sites (tertiary alicyclic amines) is 1. The smallest absolute Gasteiger partial charge is 0.257 e. The van der Waals surface area contributed by atoms with Gasteiger partial charge in [0.25, 0.3) is 5.91 Å². The van der Waals surface area contributed by atoms with Crippen molar-refractivity contribution >= 4 is 11.8 Å². The number of hydrogen-bond donors (Lipinski definition) is 2. The van der Waals surface area contributed by atoms with Gasteiger partial charge in [-0.25, -0.2) is 0 Å². The van der Waals surface area contributed by atoms with Crippen LogP contribution in [0.1, 0.15) is 33.7 Å². The second-order valence-corrected chi connectivity index (χ2v) is 7.13. The number of carbonyl (C=O) groups is 2. The number of H-pyrrole nitrogens is 1. The molecule has 1 atom stereocenters. The molecular formula is C21H25N3O4. The van der Waals surface area contributed by atoms with Crippen molar-refractivity contribution in [3.05, 3.63) is 63.1 Å². The van der Waals surface area contributed by atoms with E-state index in [1.54, 1.807) is 25.9 Å². The molecule has 1 saturated heterocycles. The van der Waals surface area contributed by atoms with Crippen LogP contribution in [0.2, 0.25) is 0 Å². The molecule has 1 aromatic carbocycles. The topological polar surface area (TPSA) is 91.5 Å². The van der Waals surface area contributed by atoms with Gasteiger partial charge in [-0.15, -0.1) is 0 Å². The Balaban J connectivity index is 1.58. The molecule has 0 saturated carbocycles. The third-order valence-corrected chi connectivity index (χ3v) is 4.96. The van der Waals surface area contributed by atoms with Gasteiger partial charge in [0.15, 0.2) is 5.43 Å². The van der Waals surface area contributed by atoms with Crippen LogP contribution in [0.4, 0.5) is 0 Å². The van der Waals surface area contributed by atoms with E-state index >= 15 is 0 Å². The summed E-state index contributed by atoms with van der Waals surface area (Å²) in [6.07, 6.45) is 0.976. The van der Waals surface area contributed by atoms with Crippen LogP contribution in [-0.4, -0.2) is 47.9 Å². The van der Waals surface area contributed by atoms with E-state index in [0.717, 1.165) is 17.7 Å². The Morgan fingerprint density at radius 1 is 1.25 bits per heavy atom. The Kier molecular flexibility index (Phi) is 5.82. The molecule has 1 aliphatic heterocycles. The maximum atomic E-state index is 12.5. The summed E-state index contributed by atoms with van der Waals surface area (Å²) in [7, 11) is 1.62. The Morgan fingerprint density at radius 3 is 2.61 bits per heavy atom. The highest BCUT2D eigenvalue weighted by Gasteiger charge is 2.31. The number of aryl methyl sites for hydroxylation is 2. The van der Waals surface area contributed by atoms with Crippen LogP contribution in [-0.2, 0) is 11.2 Å². The first-order chi connectivity index (χ1) is 13.4. The maximum Gasteiger partial charge on any atom is 0.257 e. The molecule has 0 radical (unpaired) electrons. The molecule has 2 amide bonds. The molecule has 0 unspecified atom stereocenters. The van der Waals surface area contributed by atoms with Crippen molar-refractivity contribution in [1.29, 1.82) is 0 Å². The molecule has 0 bridgehead atoms. The number of methoxy groups -OCH3 is 1. The zero-order chi connectivity index (χ0) is 20.3. The van der Waals surface area contributed by atoms with Crippen LogP contribution in [0, 0.1) is 13.8 Å². The van der Waals surface area contributed by atoms with Crippen molar-refractivity contribution in [2.45, 2.75) is 32.7 Å². The first-order valence-electron chi connectivity index (χ1n) is 9.29. The normalized spacial score (nSPS) is 16.3. The number of benzene rings is 1. The molecule has 1 aromatic heterocycles. The van der Waals surface area contributed by atoms with Crippen molar-refractivity contribution in [2.24, 2.45) is 0 Å². The van der Waals surface area contributed by atoms with Gasteiger partial charge in [0.1, 0.15) is 11.3 Å². The van der Waals surface area contributed by atoms with E-state index < -0.39 is 5.91 Å². The van der Waals surface area contributed by atoms with Gasteiger partial charge >= 0.3 is 0 Å². The Hall–Kier alpha value is -3.09. The van der Waals surface area contributed by atoms with Gasteiger partial charge < -0.3 is 19.9 Å². The molecule has 3 rings (SSSR count). The second kappa shape index (κ2) is 8.29. The third-order valence-electron chi connectivity index (χ3n) is 4.96. The molecule has 148 valence electrons. The molecule has 7 heteroatoms. The summed E-state index contributed by atoms with van der Waals surface area (Å²) in [5.74, 6) is 0.368. The van der Waals surface area contributed by atoms with Gasteiger partial charge in [-0.3, -0.25) is 14.4 Å². The lowest BCUT2D eigenvalue weighted by atomic mass is 10.1. The van der Waals surface area contributed by atoms with E-state index in [9.17, 15) is 14.4 Å². The van der Waals surface area contributed by atoms with Crippen molar-refractivity contribution in [2.75, 3.05) is 20.2 Å². The minimum Gasteiger partial charge on any atom is -0.497 e. The summed E-state index contributed by atoms with van der Waals surface area (Å²) in [5.41, 5.74) is 2.15. The van der Waals surface area contributed by atoms with Gasteiger partial charge in [-0.05, 0) is 38.0 Å².